The van der Waals surface area contributed by atoms with Crippen molar-refractivity contribution in [2.75, 3.05) is 6.61 Å². The maximum atomic E-state index is 12.7. The highest BCUT2D eigenvalue weighted by Gasteiger charge is 2.32. The molecule has 0 aromatic heterocycles. The van der Waals surface area contributed by atoms with Crippen molar-refractivity contribution in [2.24, 2.45) is 5.41 Å². The molecule has 19 heavy (non-hydrogen) atoms. The fourth-order valence-electron chi connectivity index (χ4n) is 1.49. The van der Waals surface area contributed by atoms with Gasteiger partial charge in [0.2, 0.25) is 0 Å². The molecular formula is C14H17F3O2. The van der Waals surface area contributed by atoms with Crippen LogP contribution in [0.15, 0.2) is 24.3 Å². The summed E-state index contributed by atoms with van der Waals surface area (Å²) in [4.78, 5) is 11.5. The number of halogens is 3. The van der Waals surface area contributed by atoms with E-state index < -0.39 is 23.1 Å². The number of hydrogen-bond acceptors (Lipinski definition) is 2. The van der Waals surface area contributed by atoms with Gasteiger partial charge in [0.15, 0.2) is 0 Å². The van der Waals surface area contributed by atoms with Crippen molar-refractivity contribution >= 4 is 5.97 Å². The third-order valence-electron chi connectivity index (χ3n) is 2.54. The summed E-state index contributed by atoms with van der Waals surface area (Å²) in [5.74, 6) is -0.419. The van der Waals surface area contributed by atoms with Crippen LogP contribution in [0.5, 0.6) is 0 Å². The van der Waals surface area contributed by atoms with Gasteiger partial charge in [0.1, 0.15) is 0 Å². The Labute approximate surface area is 110 Å². The molecule has 0 N–H and O–H groups in total. The van der Waals surface area contributed by atoms with Gasteiger partial charge in [-0.15, -0.1) is 0 Å². The lowest BCUT2D eigenvalue weighted by Crippen LogP contribution is -2.24. The second kappa shape index (κ2) is 5.63. The maximum Gasteiger partial charge on any atom is 0.416 e. The molecule has 0 bridgehead atoms. The Morgan fingerprint density at radius 1 is 1.16 bits per heavy atom. The third-order valence-corrected chi connectivity index (χ3v) is 2.54. The van der Waals surface area contributed by atoms with Gasteiger partial charge in [-0.05, 0) is 32.4 Å². The van der Waals surface area contributed by atoms with Gasteiger partial charge in [-0.3, -0.25) is 4.79 Å². The topological polar surface area (TPSA) is 26.3 Å². The summed E-state index contributed by atoms with van der Waals surface area (Å²) >= 11 is 0. The molecule has 0 radical (unpaired) electrons. The lowest BCUT2D eigenvalue weighted by Gasteiger charge is -2.17. The van der Waals surface area contributed by atoms with Crippen LogP contribution in [0.4, 0.5) is 13.2 Å². The van der Waals surface area contributed by atoms with E-state index in [1.807, 2.05) is 0 Å². The summed E-state index contributed by atoms with van der Waals surface area (Å²) in [6, 6.07) is 5.30. The SMILES string of the molecule is CC(C)(C)C(=O)OCCc1ccccc1C(F)(F)F. The molecule has 1 aromatic rings. The number of rotatable bonds is 3. The Morgan fingerprint density at radius 3 is 2.26 bits per heavy atom. The van der Waals surface area contributed by atoms with Crippen LogP contribution in [0.3, 0.4) is 0 Å². The predicted molar refractivity (Wildman–Crippen MR) is 65.6 cm³/mol. The predicted octanol–water partition coefficient (Wildman–Crippen LogP) is 3.84. The van der Waals surface area contributed by atoms with Crippen LogP contribution in [0.25, 0.3) is 0 Å². The average molecular weight is 274 g/mol. The minimum Gasteiger partial charge on any atom is -0.465 e. The van der Waals surface area contributed by atoms with E-state index in [2.05, 4.69) is 0 Å². The number of ether oxygens (including phenoxy) is 1. The molecule has 0 aliphatic rings. The van der Waals surface area contributed by atoms with Crippen LogP contribution >= 0.6 is 0 Å². The second-order valence-corrected chi connectivity index (χ2v) is 5.29. The molecule has 0 heterocycles. The largest absolute Gasteiger partial charge is 0.465 e. The highest BCUT2D eigenvalue weighted by molar-refractivity contribution is 5.75. The van der Waals surface area contributed by atoms with Crippen molar-refractivity contribution in [1.82, 2.24) is 0 Å². The molecule has 0 amide bonds. The smallest absolute Gasteiger partial charge is 0.416 e. The zero-order valence-corrected chi connectivity index (χ0v) is 11.2. The van der Waals surface area contributed by atoms with Crippen LogP contribution in [-0.4, -0.2) is 12.6 Å². The molecule has 0 fully saturated rings. The minimum absolute atomic E-state index is 0.0524. The van der Waals surface area contributed by atoms with Gasteiger partial charge in [0, 0.05) is 6.42 Å². The lowest BCUT2D eigenvalue weighted by molar-refractivity contribution is -0.152. The Morgan fingerprint density at radius 2 is 1.74 bits per heavy atom. The highest BCUT2D eigenvalue weighted by atomic mass is 19.4. The number of hydrogen-bond donors (Lipinski definition) is 0. The summed E-state index contributed by atoms with van der Waals surface area (Å²) in [7, 11) is 0. The van der Waals surface area contributed by atoms with E-state index in [1.54, 1.807) is 20.8 Å². The first-order valence-corrected chi connectivity index (χ1v) is 5.94. The third kappa shape index (κ3) is 4.58. The van der Waals surface area contributed by atoms with Crippen molar-refractivity contribution in [3.63, 3.8) is 0 Å². The second-order valence-electron chi connectivity index (χ2n) is 5.29. The van der Waals surface area contributed by atoms with Crippen LogP contribution in [0.1, 0.15) is 31.9 Å². The van der Waals surface area contributed by atoms with Gasteiger partial charge in [0.05, 0.1) is 17.6 Å². The van der Waals surface area contributed by atoms with Gasteiger partial charge in [-0.2, -0.15) is 13.2 Å². The summed E-state index contributed by atoms with van der Waals surface area (Å²) in [5, 5.41) is 0. The standard InChI is InChI=1S/C14H17F3O2/c1-13(2,3)12(18)19-9-8-10-6-4-5-7-11(10)14(15,16)17/h4-7H,8-9H2,1-3H3. The van der Waals surface area contributed by atoms with Gasteiger partial charge >= 0.3 is 12.1 Å². The molecule has 0 aliphatic carbocycles. The molecule has 5 heteroatoms. The van der Waals surface area contributed by atoms with E-state index in [9.17, 15) is 18.0 Å². The first-order valence-electron chi connectivity index (χ1n) is 5.94. The lowest BCUT2D eigenvalue weighted by atomic mass is 9.97. The first kappa shape index (κ1) is 15.5. The van der Waals surface area contributed by atoms with Crippen molar-refractivity contribution in [2.45, 2.75) is 33.4 Å². The fourth-order valence-corrected chi connectivity index (χ4v) is 1.49. The van der Waals surface area contributed by atoms with E-state index in [0.29, 0.717) is 0 Å². The summed E-state index contributed by atoms with van der Waals surface area (Å²) in [6.45, 7) is 5.03. The number of benzene rings is 1. The Kier molecular flexibility index (Phi) is 4.61. The van der Waals surface area contributed by atoms with Crippen LogP contribution in [0.2, 0.25) is 0 Å². The fraction of sp³-hybridized carbons (Fsp3) is 0.500. The van der Waals surface area contributed by atoms with E-state index in [0.717, 1.165) is 6.07 Å². The highest BCUT2D eigenvalue weighted by Crippen LogP contribution is 2.32. The van der Waals surface area contributed by atoms with Crippen LogP contribution in [0, 0.1) is 5.41 Å². The van der Waals surface area contributed by atoms with Gasteiger partial charge in [-0.25, -0.2) is 0 Å². The summed E-state index contributed by atoms with van der Waals surface area (Å²) in [6.07, 6.45) is -4.33. The minimum atomic E-state index is -4.38. The van der Waals surface area contributed by atoms with E-state index in [-0.39, 0.29) is 18.6 Å². The summed E-state index contributed by atoms with van der Waals surface area (Å²) < 4.78 is 43.1. The molecular weight excluding hydrogens is 257 g/mol. The zero-order valence-electron chi connectivity index (χ0n) is 11.2. The molecule has 0 saturated carbocycles. The molecule has 106 valence electrons. The van der Waals surface area contributed by atoms with Crippen molar-refractivity contribution in [3.8, 4) is 0 Å². The molecule has 0 unspecified atom stereocenters. The molecule has 0 saturated heterocycles. The molecule has 2 nitrogen and oxygen atoms in total. The number of alkyl halides is 3. The van der Waals surface area contributed by atoms with Crippen LogP contribution in [-0.2, 0) is 22.1 Å². The quantitative estimate of drug-likeness (QED) is 0.783. The normalized spacial score (nSPS) is 12.3. The van der Waals surface area contributed by atoms with Crippen molar-refractivity contribution in [3.05, 3.63) is 35.4 Å². The number of esters is 1. The summed E-state index contributed by atoms with van der Waals surface area (Å²) in [5.41, 5.74) is -1.19. The van der Waals surface area contributed by atoms with Crippen molar-refractivity contribution in [1.29, 1.82) is 0 Å². The molecule has 0 spiro atoms. The maximum absolute atomic E-state index is 12.7. The molecule has 1 aromatic carbocycles. The molecule has 0 atom stereocenters. The Hall–Kier alpha value is -1.52. The van der Waals surface area contributed by atoms with E-state index >= 15 is 0 Å². The Bertz CT molecular complexity index is 445. The van der Waals surface area contributed by atoms with Gasteiger partial charge in [0.25, 0.3) is 0 Å². The van der Waals surface area contributed by atoms with E-state index in [4.69, 9.17) is 4.74 Å². The monoisotopic (exact) mass is 274 g/mol. The molecule has 1 rings (SSSR count). The molecule has 0 aliphatic heterocycles. The van der Waals surface area contributed by atoms with Crippen molar-refractivity contribution < 1.29 is 22.7 Å². The van der Waals surface area contributed by atoms with Crippen LogP contribution < -0.4 is 0 Å². The first-order chi connectivity index (χ1) is 8.62. The van der Waals surface area contributed by atoms with Gasteiger partial charge in [-0.1, -0.05) is 18.2 Å². The number of carbonyl (C=O) groups is 1. The zero-order chi connectivity index (χ0) is 14.7. The van der Waals surface area contributed by atoms with Gasteiger partial charge < -0.3 is 4.74 Å². The average Bonchev–Trinajstić information content (AvgIpc) is 2.27. The number of carbonyl (C=O) groups excluding carboxylic acids is 1. The Balaban J connectivity index is 2.67. The van der Waals surface area contributed by atoms with E-state index in [1.165, 1.54) is 18.2 Å².